The van der Waals surface area contributed by atoms with Gasteiger partial charge in [-0.15, -0.1) is 0 Å². The number of allylic oxidation sites excluding steroid dienone is 1. The Morgan fingerprint density at radius 2 is 2.04 bits per heavy atom. The normalized spacial score (nSPS) is 29.9. The third-order valence-electron chi connectivity index (χ3n) is 4.30. The maximum Gasteiger partial charge on any atom is 0.334 e. The van der Waals surface area contributed by atoms with Gasteiger partial charge in [0, 0.05) is 12.3 Å². The Morgan fingerprint density at radius 3 is 2.73 bits per heavy atom. The first-order valence-corrected chi connectivity index (χ1v) is 8.87. The third kappa shape index (κ3) is 4.84. The van der Waals surface area contributed by atoms with E-state index in [4.69, 9.17) is 18.9 Å². The Morgan fingerprint density at radius 1 is 1.31 bits per heavy atom. The maximum absolute atomic E-state index is 11.9. The Hall–Kier alpha value is -1.89. The Balaban J connectivity index is 1.56. The highest BCUT2D eigenvalue weighted by atomic mass is 16.7. The summed E-state index contributed by atoms with van der Waals surface area (Å²) >= 11 is 0. The molecule has 0 amide bonds. The minimum atomic E-state index is -0.818. The largest absolute Gasteiger partial charge is 0.492 e. The van der Waals surface area contributed by atoms with Gasteiger partial charge in [-0.05, 0) is 26.3 Å². The van der Waals surface area contributed by atoms with Crippen LogP contribution < -0.4 is 0 Å². The summed E-state index contributed by atoms with van der Waals surface area (Å²) in [7, 11) is 0. The van der Waals surface area contributed by atoms with E-state index in [1.807, 2.05) is 51.1 Å². The number of hydrogen-bond donors (Lipinski definition) is 1. The standard InChI is InChI=1S/C20H26O6/c1-20(2,3)26-17(21)10-14-9-15-16(25-14)12-24-19(18(15)22)23-11-13-7-5-4-6-8-13/h4-8,10,15-16,18-19,22H,9,11-12H2,1-3H3/b14-10+/t15-,16-,18+,19+/m1/s1. The van der Waals surface area contributed by atoms with Crippen LogP contribution in [0.5, 0.6) is 0 Å². The van der Waals surface area contributed by atoms with Crippen LogP contribution in [0, 0.1) is 5.92 Å². The van der Waals surface area contributed by atoms with Gasteiger partial charge in [0.15, 0.2) is 6.29 Å². The molecule has 0 spiro atoms. The summed E-state index contributed by atoms with van der Waals surface area (Å²) in [6.45, 7) is 6.11. The molecule has 3 rings (SSSR count). The van der Waals surface area contributed by atoms with Crippen LogP contribution in [0.2, 0.25) is 0 Å². The van der Waals surface area contributed by atoms with E-state index in [0.29, 0.717) is 25.4 Å². The molecule has 1 N–H and O–H groups in total. The van der Waals surface area contributed by atoms with Gasteiger partial charge in [0.1, 0.15) is 23.6 Å². The summed E-state index contributed by atoms with van der Waals surface area (Å²) in [5.41, 5.74) is 0.456. The van der Waals surface area contributed by atoms with E-state index in [0.717, 1.165) is 5.56 Å². The van der Waals surface area contributed by atoms with Crippen molar-refractivity contribution in [1.82, 2.24) is 0 Å². The van der Waals surface area contributed by atoms with Crippen LogP contribution in [0.25, 0.3) is 0 Å². The second kappa shape index (κ2) is 7.78. The van der Waals surface area contributed by atoms with E-state index in [2.05, 4.69) is 0 Å². The molecule has 0 aliphatic carbocycles. The zero-order valence-electron chi connectivity index (χ0n) is 15.4. The van der Waals surface area contributed by atoms with Crippen LogP contribution in [0.3, 0.4) is 0 Å². The molecule has 2 aliphatic rings. The quantitative estimate of drug-likeness (QED) is 0.655. The van der Waals surface area contributed by atoms with Crippen LogP contribution >= 0.6 is 0 Å². The smallest absolute Gasteiger partial charge is 0.334 e. The van der Waals surface area contributed by atoms with Crippen molar-refractivity contribution in [1.29, 1.82) is 0 Å². The minimum absolute atomic E-state index is 0.168. The van der Waals surface area contributed by atoms with Gasteiger partial charge in [-0.1, -0.05) is 30.3 Å². The van der Waals surface area contributed by atoms with E-state index < -0.39 is 24.0 Å². The molecule has 2 heterocycles. The SMILES string of the molecule is CC(C)(C)OC(=O)/C=C1\C[C@H]2[C@H](O)[C@@H](OCc3ccccc3)OC[C@H]2O1. The lowest BCUT2D eigenvalue weighted by molar-refractivity contribution is -0.252. The van der Waals surface area contributed by atoms with Crippen molar-refractivity contribution in [2.75, 3.05) is 6.61 Å². The van der Waals surface area contributed by atoms with Crippen molar-refractivity contribution in [2.24, 2.45) is 5.92 Å². The molecule has 4 atom stereocenters. The van der Waals surface area contributed by atoms with Gasteiger partial charge in [0.25, 0.3) is 0 Å². The van der Waals surface area contributed by atoms with Gasteiger partial charge in [-0.2, -0.15) is 0 Å². The van der Waals surface area contributed by atoms with Gasteiger partial charge in [0.05, 0.1) is 19.3 Å². The van der Waals surface area contributed by atoms with Crippen molar-refractivity contribution >= 4 is 5.97 Å². The molecule has 0 aromatic heterocycles. The average Bonchev–Trinajstić information content (AvgIpc) is 2.96. The van der Waals surface area contributed by atoms with Crippen molar-refractivity contribution in [3.63, 3.8) is 0 Å². The number of esters is 1. The number of aliphatic hydroxyl groups excluding tert-OH is 1. The van der Waals surface area contributed by atoms with Crippen LogP contribution in [0.4, 0.5) is 0 Å². The topological polar surface area (TPSA) is 74.2 Å². The first kappa shape index (κ1) is 18.9. The number of aliphatic hydroxyl groups is 1. The maximum atomic E-state index is 11.9. The zero-order chi connectivity index (χ0) is 18.7. The molecule has 2 saturated heterocycles. The van der Waals surface area contributed by atoms with Gasteiger partial charge >= 0.3 is 5.97 Å². The van der Waals surface area contributed by atoms with Crippen LogP contribution in [-0.2, 0) is 30.3 Å². The molecule has 2 aliphatic heterocycles. The molecule has 6 nitrogen and oxygen atoms in total. The highest BCUT2D eigenvalue weighted by Crippen LogP contribution is 2.37. The molecule has 1 aromatic carbocycles. The number of hydrogen-bond acceptors (Lipinski definition) is 6. The van der Waals surface area contributed by atoms with E-state index >= 15 is 0 Å². The number of ether oxygens (including phenoxy) is 4. The van der Waals surface area contributed by atoms with Gasteiger partial charge in [-0.25, -0.2) is 4.79 Å². The number of fused-ring (bicyclic) bond motifs is 1. The van der Waals surface area contributed by atoms with Gasteiger partial charge < -0.3 is 24.1 Å². The number of carbonyl (C=O) groups excluding carboxylic acids is 1. The average molecular weight is 362 g/mol. The van der Waals surface area contributed by atoms with Gasteiger partial charge in [0.2, 0.25) is 0 Å². The highest BCUT2D eigenvalue weighted by Gasteiger charge is 2.46. The van der Waals surface area contributed by atoms with E-state index in [1.165, 1.54) is 6.08 Å². The minimum Gasteiger partial charge on any atom is -0.492 e. The summed E-state index contributed by atoms with van der Waals surface area (Å²) in [5, 5.41) is 10.6. The van der Waals surface area contributed by atoms with Crippen LogP contribution in [0.15, 0.2) is 42.2 Å². The predicted molar refractivity (Wildman–Crippen MR) is 93.9 cm³/mol. The Kier molecular flexibility index (Phi) is 5.65. The molecule has 1 aromatic rings. The molecule has 26 heavy (non-hydrogen) atoms. The summed E-state index contributed by atoms with van der Waals surface area (Å²) < 4.78 is 22.4. The summed E-state index contributed by atoms with van der Waals surface area (Å²) in [6, 6.07) is 9.72. The number of rotatable bonds is 4. The van der Waals surface area contributed by atoms with E-state index in [1.54, 1.807) is 0 Å². The third-order valence-corrected chi connectivity index (χ3v) is 4.30. The molecule has 0 saturated carbocycles. The summed E-state index contributed by atoms with van der Waals surface area (Å²) in [6.07, 6.45) is 0.00801. The van der Waals surface area contributed by atoms with Gasteiger partial charge in [-0.3, -0.25) is 0 Å². The second-order valence-corrected chi connectivity index (χ2v) is 7.66. The number of carbonyl (C=O) groups is 1. The monoisotopic (exact) mass is 362 g/mol. The summed E-state index contributed by atoms with van der Waals surface area (Å²) in [4.78, 5) is 11.9. The number of benzene rings is 1. The lowest BCUT2D eigenvalue weighted by Gasteiger charge is -2.35. The fraction of sp³-hybridized carbons (Fsp3) is 0.550. The van der Waals surface area contributed by atoms with Crippen molar-refractivity contribution < 1.29 is 28.8 Å². The first-order chi connectivity index (χ1) is 12.3. The predicted octanol–water partition coefficient (Wildman–Crippen LogP) is 2.55. The van der Waals surface area contributed by atoms with Crippen LogP contribution in [-0.4, -0.2) is 41.8 Å². The lowest BCUT2D eigenvalue weighted by Crippen LogP contribution is -2.48. The fourth-order valence-corrected chi connectivity index (χ4v) is 3.14. The zero-order valence-corrected chi connectivity index (χ0v) is 15.4. The lowest BCUT2D eigenvalue weighted by atomic mass is 9.92. The summed E-state index contributed by atoms with van der Waals surface area (Å²) in [5.74, 6) is -0.0998. The van der Waals surface area contributed by atoms with E-state index in [-0.39, 0.29) is 12.0 Å². The van der Waals surface area contributed by atoms with Crippen molar-refractivity contribution in [3.05, 3.63) is 47.7 Å². The Bertz CT molecular complexity index is 648. The molecule has 2 fully saturated rings. The van der Waals surface area contributed by atoms with E-state index in [9.17, 15) is 9.90 Å². The molecule has 142 valence electrons. The molecule has 0 bridgehead atoms. The molecule has 0 unspecified atom stereocenters. The first-order valence-electron chi connectivity index (χ1n) is 8.87. The highest BCUT2D eigenvalue weighted by molar-refractivity contribution is 5.82. The molecular formula is C20H26O6. The Labute approximate surface area is 153 Å². The van der Waals surface area contributed by atoms with Crippen LogP contribution in [0.1, 0.15) is 32.8 Å². The van der Waals surface area contributed by atoms with Crippen molar-refractivity contribution in [3.8, 4) is 0 Å². The van der Waals surface area contributed by atoms with Crippen molar-refractivity contribution in [2.45, 2.75) is 57.9 Å². The molecule has 6 heteroatoms. The fourth-order valence-electron chi connectivity index (χ4n) is 3.14. The molecular weight excluding hydrogens is 336 g/mol. The second-order valence-electron chi connectivity index (χ2n) is 7.66. The molecule has 0 radical (unpaired) electrons.